The normalized spacial score (nSPS) is 10.2. The summed E-state index contributed by atoms with van der Waals surface area (Å²) in [6.07, 6.45) is 1.50. The fraction of sp³-hybridized carbons (Fsp3) is 0.364. The molecule has 76 valence electrons. The number of rotatable bonds is 4. The van der Waals surface area contributed by atoms with Gasteiger partial charge in [-0.3, -0.25) is 4.79 Å². The van der Waals surface area contributed by atoms with E-state index < -0.39 is 0 Å². The van der Waals surface area contributed by atoms with E-state index in [0.717, 1.165) is 17.3 Å². The second kappa shape index (κ2) is 5.85. The van der Waals surface area contributed by atoms with Crippen molar-refractivity contribution in [1.29, 1.82) is 0 Å². The number of benzene rings is 1. The third kappa shape index (κ3) is 2.79. The summed E-state index contributed by atoms with van der Waals surface area (Å²) >= 11 is 5.57. The minimum atomic E-state index is 0.234. The van der Waals surface area contributed by atoms with E-state index in [4.69, 9.17) is 0 Å². The van der Waals surface area contributed by atoms with Gasteiger partial charge in [-0.1, -0.05) is 35.0 Å². The standard InChI is InChI=1S/C11H12BrIO/c1-2-8-9(11(14)6-7-12)4-3-5-10(8)13/h3-5H,2,6-7H2,1H3. The maximum atomic E-state index is 11.7. The molecule has 1 rings (SSSR count). The van der Waals surface area contributed by atoms with Crippen LogP contribution < -0.4 is 0 Å². The highest BCUT2D eigenvalue weighted by molar-refractivity contribution is 14.1. The molecule has 0 amide bonds. The van der Waals surface area contributed by atoms with Crippen LogP contribution in [0, 0.1) is 3.57 Å². The molecule has 0 spiro atoms. The molecule has 0 heterocycles. The largest absolute Gasteiger partial charge is 0.294 e. The summed E-state index contributed by atoms with van der Waals surface area (Å²) < 4.78 is 1.19. The lowest BCUT2D eigenvalue weighted by Gasteiger charge is -2.07. The lowest BCUT2D eigenvalue weighted by molar-refractivity contribution is 0.0989. The summed E-state index contributed by atoms with van der Waals surface area (Å²) in [6.45, 7) is 2.09. The molecule has 0 aliphatic heterocycles. The van der Waals surface area contributed by atoms with Gasteiger partial charge in [0.15, 0.2) is 5.78 Å². The van der Waals surface area contributed by atoms with Crippen LogP contribution in [0.5, 0.6) is 0 Å². The van der Waals surface area contributed by atoms with Gasteiger partial charge in [-0.05, 0) is 40.6 Å². The summed E-state index contributed by atoms with van der Waals surface area (Å²) in [5.74, 6) is 0.234. The zero-order valence-corrected chi connectivity index (χ0v) is 11.8. The quantitative estimate of drug-likeness (QED) is 0.449. The topological polar surface area (TPSA) is 17.1 Å². The SMILES string of the molecule is CCc1c(I)cccc1C(=O)CCBr. The van der Waals surface area contributed by atoms with Crippen molar-refractivity contribution in [2.24, 2.45) is 0 Å². The van der Waals surface area contributed by atoms with Crippen LogP contribution in [0.2, 0.25) is 0 Å². The van der Waals surface area contributed by atoms with Crippen molar-refractivity contribution in [3.63, 3.8) is 0 Å². The minimum Gasteiger partial charge on any atom is -0.294 e. The molecule has 1 aromatic carbocycles. The average Bonchev–Trinajstić information content (AvgIpc) is 2.17. The fourth-order valence-electron chi connectivity index (χ4n) is 1.40. The van der Waals surface area contributed by atoms with Gasteiger partial charge in [0.2, 0.25) is 0 Å². The molecule has 0 aliphatic rings. The molecule has 0 radical (unpaired) electrons. The molecule has 3 heteroatoms. The van der Waals surface area contributed by atoms with Crippen LogP contribution in [-0.2, 0) is 6.42 Å². The third-order valence-electron chi connectivity index (χ3n) is 2.09. The second-order valence-electron chi connectivity index (χ2n) is 2.98. The Morgan fingerprint density at radius 2 is 2.21 bits per heavy atom. The molecule has 14 heavy (non-hydrogen) atoms. The van der Waals surface area contributed by atoms with Gasteiger partial charge in [0, 0.05) is 20.9 Å². The molecule has 0 fully saturated rings. The maximum Gasteiger partial charge on any atom is 0.164 e. The Kier molecular flexibility index (Phi) is 5.09. The van der Waals surface area contributed by atoms with Gasteiger partial charge < -0.3 is 0 Å². The Morgan fingerprint density at radius 3 is 2.79 bits per heavy atom. The number of carbonyl (C=O) groups is 1. The lowest BCUT2D eigenvalue weighted by atomic mass is 10.0. The third-order valence-corrected chi connectivity index (χ3v) is 3.50. The van der Waals surface area contributed by atoms with Gasteiger partial charge in [-0.25, -0.2) is 0 Å². The maximum absolute atomic E-state index is 11.7. The fourth-order valence-corrected chi connectivity index (χ4v) is 2.64. The predicted molar refractivity (Wildman–Crippen MR) is 71.3 cm³/mol. The van der Waals surface area contributed by atoms with Gasteiger partial charge in [-0.2, -0.15) is 0 Å². The predicted octanol–water partition coefficient (Wildman–Crippen LogP) is 3.82. The van der Waals surface area contributed by atoms with Crippen molar-refractivity contribution in [2.45, 2.75) is 19.8 Å². The Hall–Kier alpha value is 0.1000. The Morgan fingerprint density at radius 1 is 1.50 bits per heavy atom. The molecule has 0 aromatic heterocycles. The van der Waals surface area contributed by atoms with Crippen LogP contribution in [0.1, 0.15) is 29.3 Å². The number of halogens is 2. The molecule has 0 atom stereocenters. The Bertz CT molecular complexity index is 336. The molecule has 1 nitrogen and oxygen atoms in total. The summed E-state index contributed by atoms with van der Waals surface area (Å²) in [4.78, 5) is 11.7. The Balaban J connectivity index is 3.07. The zero-order valence-electron chi connectivity index (χ0n) is 8.02. The molecule has 0 unspecified atom stereocenters. The smallest absolute Gasteiger partial charge is 0.164 e. The number of hydrogen-bond acceptors (Lipinski definition) is 1. The van der Waals surface area contributed by atoms with Gasteiger partial charge in [0.1, 0.15) is 0 Å². The highest BCUT2D eigenvalue weighted by atomic mass is 127. The minimum absolute atomic E-state index is 0.234. The van der Waals surface area contributed by atoms with E-state index >= 15 is 0 Å². The first-order chi connectivity index (χ1) is 6.70. The summed E-state index contributed by atoms with van der Waals surface area (Å²) in [6, 6.07) is 5.92. The molecule has 0 bridgehead atoms. The molecule has 0 N–H and O–H groups in total. The van der Waals surface area contributed by atoms with Crippen molar-refractivity contribution < 1.29 is 4.79 Å². The van der Waals surface area contributed by atoms with Gasteiger partial charge in [0.25, 0.3) is 0 Å². The van der Waals surface area contributed by atoms with Crippen LogP contribution in [-0.4, -0.2) is 11.1 Å². The van der Waals surface area contributed by atoms with Crippen molar-refractivity contribution in [2.75, 3.05) is 5.33 Å². The number of carbonyl (C=O) groups excluding carboxylic acids is 1. The summed E-state index contributed by atoms with van der Waals surface area (Å²) in [7, 11) is 0. The number of ketones is 1. The number of hydrogen-bond donors (Lipinski definition) is 0. The number of Topliss-reactive ketones (excluding diaryl/α,β-unsaturated/α-hetero) is 1. The first-order valence-electron chi connectivity index (χ1n) is 4.57. The van der Waals surface area contributed by atoms with Gasteiger partial charge in [-0.15, -0.1) is 0 Å². The summed E-state index contributed by atoms with van der Waals surface area (Å²) in [5.41, 5.74) is 2.07. The van der Waals surface area contributed by atoms with Crippen LogP contribution in [0.4, 0.5) is 0 Å². The van der Waals surface area contributed by atoms with Crippen molar-refractivity contribution in [1.82, 2.24) is 0 Å². The molecular weight excluding hydrogens is 355 g/mol. The van der Waals surface area contributed by atoms with E-state index in [1.54, 1.807) is 0 Å². The van der Waals surface area contributed by atoms with Crippen LogP contribution in [0.15, 0.2) is 18.2 Å². The van der Waals surface area contributed by atoms with Crippen LogP contribution >= 0.6 is 38.5 Å². The second-order valence-corrected chi connectivity index (χ2v) is 4.94. The lowest BCUT2D eigenvalue weighted by Crippen LogP contribution is -2.05. The molecule has 0 aliphatic carbocycles. The van der Waals surface area contributed by atoms with E-state index in [0.29, 0.717) is 6.42 Å². The highest BCUT2D eigenvalue weighted by Gasteiger charge is 2.11. The van der Waals surface area contributed by atoms with Crippen molar-refractivity contribution in [3.05, 3.63) is 32.9 Å². The molecule has 0 saturated carbocycles. The van der Waals surface area contributed by atoms with Crippen LogP contribution in [0.25, 0.3) is 0 Å². The van der Waals surface area contributed by atoms with Crippen LogP contribution in [0.3, 0.4) is 0 Å². The van der Waals surface area contributed by atoms with E-state index in [1.165, 1.54) is 9.13 Å². The average molecular weight is 367 g/mol. The van der Waals surface area contributed by atoms with Gasteiger partial charge in [0.05, 0.1) is 0 Å². The molecule has 1 aromatic rings. The number of alkyl halides is 1. The zero-order chi connectivity index (χ0) is 10.6. The monoisotopic (exact) mass is 366 g/mol. The Labute approximate surface area is 107 Å². The van der Waals surface area contributed by atoms with E-state index in [1.807, 2.05) is 18.2 Å². The van der Waals surface area contributed by atoms with E-state index in [9.17, 15) is 4.79 Å². The van der Waals surface area contributed by atoms with Gasteiger partial charge >= 0.3 is 0 Å². The van der Waals surface area contributed by atoms with E-state index in [2.05, 4.69) is 45.4 Å². The van der Waals surface area contributed by atoms with Crippen molar-refractivity contribution in [3.8, 4) is 0 Å². The molecule has 0 saturated heterocycles. The summed E-state index contributed by atoms with van der Waals surface area (Å²) in [5, 5.41) is 0.737. The molecular formula is C11H12BrIO. The van der Waals surface area contributed by atoms with Crippen molar-refractivity contribution >= 4 is 44.3 Å². The first kappa shape index (κ1) is 12.2. The first-order valence-corrected chi connectivity index (χ1v) is 6.77. The highest BCUT2D eigenvalue weighted by Crippen LogP contribution is 2.19. The van der Waals surface area contributed by atoms with E-state index in [-0.39, 0.29) is 5.78 Å².